The van der Waals surface area contributed by atoms with Crippen molar-refractivity contribution in [3.05, 3.63) is 48.4 Å². The molecule has 2 heterocycles. The average Bonchev–Trinajstić information content (AvgIpc) is 3.25. The van der Waals surface area contributed by atoms with Gasteiger partial charge in [-0.3, -0.25) is 9.69 Å². The summed E-state index contributed by atoms with van der Waals surface area (Å²) >= 11 is 0. The molecule has 1 aliphatic heterocycles. The lowest BCUT2D eigenvalue weighted by molar-refractivity contribution is 0.0996. The number of carbonyl (C=O) groups is 1. The molecule has 1 saturated carbocycles. The SMILES string of the molecule is O=C(Nc1ccc(N2CCN(C3CCCCC3)CC2)cc1)c1ccco1. The maximum Gasteiger partial charge on any atom is 0.291 e. The van der Waals surface area contributed by atoms with E-state index >= 15 is 0 Å². The fraction of sp³-hybridized carbons (Fsp3) is 0.476. The van der Waals surface area contributed by atoms with E-state index in [2.05, 4.69) is 27.2 Å². The number of nitrogens with one attached hydrogen (secondary N) is 1. The van der Waals surface area contributed by atoms with Crippen LogP contribution in [0.25, 0.3) is 0 Å². The number of piperazine rings is 1. The molecule has 2 fully saturated rings. The van der Waals surface area contributed by atoms with Gasteiger partial charge in [0.2, 0.25) is 0 Å². The Morgan fingerprint density at radius 3 is 2.35 bits per heavy atom. The highest BCUT2D eigenvalue weighted by atomic mass is 16.3. The molecule has 26 heavy (non-hydrogen) atoms. The highest BCUT2D eigenvalue weighted by Crippen LogP contribution is 2.25. The van der Waals surface area contributed by atoms with Crippen LogP contribution in [-0.4, -0.2) is 43.0 Å². The quantitative estimate of drug-likeness (QED) is 0.903. The van der Waals surface area contributed by atoms with Crippen LogP contribution in [0.4, 0.5) is 11.4 Å². The second kappa shape index (κ2) is 7.96. The highest BCUT2D eigenvalue weighted by Gasteiger charge is 2.25. The van der Waals surface area contributed by atoms with Crippen molar-refractivity contribution >= 4 is 17.3 Å². The van der Waals surface area contributed by atoms with Crippen LogP contribution in [0.3, 0.4) is 0 Å². The minimum atomic E-state index is -0.219. The van der Waals surface area contributed by atoms with Gasteiger partial charge in [-0.2, -0.15) is 0 Å². The van der Waals surface area contributed by atoms with Gasteiger partial charge in [-0.1, -0.05) is 19.3 Å². The molecular formula is C21H27N3O2. The number of amides is 1. The predicted molar refractivity (Wildman–Crippen MR) is 104 cm³/mol. The van der Waals surface area contributed by atoms with Gasteiger partial charge in [-0.25, -0.2) is 0 Å². The van der Waals surface area contributed by atoms with Crippen molar-refractivity contribution in [1.82, 2.24) is 4.90 Å². The van der Waals surface area contributed by atoms with Crippen molar-refractivity contribution in [3.63, 3.8) is 0 Å². The van der Waals surface area contributed by atoms with Crippen LogP contribution in [0.2, 0.25) is 0 Å². The van der Waals surface area contributed by atoms with E-state index in [1.165, 1.54) is 44.1 Å². The van der Waals surface area contributed by atoms with E-state index in [1.54, 1.807) is 12.1 Å². The Balaban J connectivity index is 1.31. The summed E-state index contributed by atoms with van der Waals surface area (Å²) in [6.07, 6.45) is 8.48. The molecule has 5 nitrogen and oxygen atoms in total. The minimum absolute atomic E-state index is 0.219. The second-order valence-corrected chi connectivity index (χ2v) is 7.29. The lowest BCUT2D eigenvalue weighted by Crippen LogP contribution is -2.50. The number of carbonyl (C=O) groups excluding carboxylic acids is 1. The Morgan fingerprint density at radius 2 is 1.69 bits per heavy atom. The van der Waals surface area contributed by atoms with Gasteiger partial charge in [0.25, 0.3) is 5.91 Å². The highest BCUT2D eigenvalue weighted by molar-refractivity contribution is 6.02. The summed E-state index contributed by atoms with van der Waals surface area (Å²) in [6, 6.07) is 12.3. The predicted octanol–water partition coefficient (Wildman–Crippen LogP) is 3.99. The topological polar surface area (TPSA) is 48.7 Å². The van der Waals surface area contributed by atoms with E-state index in [-0.39, 0.29) is 5.91 Å². The molecule has 5 heteroatoms. The van der Waals surface area contributed by atoms with Crippen LogP contribution in [-0.2, 0) is 0 Å². The Labute approximate surface area is 155 Å². The summed E-state index contributed by atoms with van der Waals surface area (Å²) in [5.74, 6) is 0.108. The van der Waals surface area contributed by atoms with E-state index in [4.69, 9.17) is 4.42 Å². The van der Waals surface area contributed by atoms with Gasteiger partial charge in [0.05, 0.1) is 6.26 Å². The summed E-state index contributed by atoms with van der Waals surface area (Å²) in [5.41, 5.74) is 2.01. The molecule has 1 saturated heterocycles. The van der Waals surface area contributed by atoms with Crippen molar-refractivity contribution in [3.8, 4) is 0 Å². The van der Waals surface area contributed by atoms with Gasteiger partial charge in [0, 0.05) is 43.6 Å². The minimum Gasteiger partial charge on any atom is -0.459 e. The van der Waals surface area contributed by atoms with Crippen LogP contribution >= 0.6 is 0 Å². The lowest BCUT2D eigenvalue weighted by Gasteiger charge is -2.41. The Bertz CT molecular complexity index is 697. The molecule has 1 amide bonds. The standard InChI is InChI=1S/C21H27N3O2/c25-21(20-7-4-16-26-20)22-17-8-10-19(11-9-17)24-14-12-23(13-15-24)18-5-2-1-3-6-18/h4,7-11,16,18H,1-3,5-6,12-15H2,(H,22,25). The monoisotopic (exact) mass is 353 g/mol. The zero-order valence-corrected chi connectivity index (χ0v) is 15.2. The number of nitrogens with zero attached hydrogens (tertiary/aromatic N) is 2. The lowest BCUT2D eigenvalue weighted by atomic mass is 9.94. The summed E-state index contributed by atoms with van der Waals surface area (Å²) in [5, 5.41) is 2.87. The largest absolute Gasteiger partial charge is 0.459 e. The first-order valence-electron chi connectivity index (χ1n) is 9.73. The number of hydrogen-bond acceptors (Lipinski definition) is 4. The Morgan fingerprint density at radius 1 is 0.962 bits per heavy atom. The third-order valence-electron chi connectivity index (χ3n) is 5.64. The maximum absolute atomic E-state index is 12.0. The molecule has 2 aliphatic rings. The molecule has 0 atom stereocenters. The van der Waals surface area contributed by atoms with E-state index in [0.717, 1.165) is 37.9 Å². The van der Waals surface area contributed by atoms with Gasteiger partial charge in [0.1, 0.15) is 0 Å². The number of anilines is 2. The van der Waals surface area contributed by atoms with Gasteiger partial charge in [-0.15, -0.1) is 0 Å². The molecule has 1 aromatic heterocycles. The third kappa shape index (κ3) is 3.93. The molecular weight excluding hydrogens is 326 g/mol. The third-order valence-corrected chi connectivity index (χ3v) is 5.64. The fourth-order valence-corrected chi connectivity index (χ4v) is 4.15. The Kier molecular flexibility index (Phi) is 5.25. The van der Waals surface area contributed by atoms with Crippen molar-refractivity contribution in [2.75, 3.05) is 36.4 Å². The molecule has 138 valence electrons. The summed E-state index contributed by atoms with van der Waals surface area (Å²) < 4.78 is 5.12. The van der Waals surface area contributed by atoms with Crippen molar-refractivity contribution < 1.29 is 9.21 Å². The van der Waals surface area contributed by atoms with Crippen molar-refractivity contribution in [1.29, 1.82) is 0 Å². The van der Waals surface area contributed by atoms with E-state index in [9.17, 15) is 4.79 Å². The second-order valence-electron chi connectivity index (χ2n) is 7.29. The maximum atomic E-state index is 12.0. The molecule has 0 spiro atoms. The smallest absolute Gasteiger partial charge is 0.291 e. The summed E-state index contributed by atoms with van der Waals surface area (Å²) in [6.45, 7) is 4.46. The molecule has 0 radical (unpaired) electrons. The molecule has 4 rings (SSSR count). The first-order chi connectivity index (χ1) is 12.8. The number of hydrogen-bond donors (Lipinski definition) is 1. The van der Waals surface area contributed by atoms with Gasteiger partial charge < -0.3 is 14.6 Å². The molecule has 0 unspecified atom stereocenters. The molecule has 1 aromatic carbocycles. The Hall–Kier alpha value is -2.27. The van der Waals surface area contributed by atoms with Crippen molar-refractivity contribution in [2.45, 2.75) is 38.1 Å². The molecule has 1 aliphatic carbocycles. The zero-order valence-electron chi connectivity index (χ0n) is 15.2. The molecule has 0 bridgehead atoms. The summed E-state index contributed by atoms with van der Waals surface area (Å²) in [4.78, 5) is 17.2. The first-order valence-corrected chi connectivity index (χ1v) is 9.73. The van der Waals surface area contributed by atoms with Gasteiger partial charge in [-0.05, 0) is 49.2 Å². The number of benzene rings is 1. The van der Waals surface area contributed by atoms with Crippen LogP contribution in [0.1, 0.15) is 42.7 Å². The van der Waals surface area contributed by atoms with Crippen molar-refractivity contribution in [2.24, 2.45) is 0 Å². The number of furan rings is 1. The zero-order chi connectivity index (χ0) is 17.8. The van der Waals surface area contributed by atoms with E-state index in [1.807, 2.05) is 12.1 Å². The van der Waals surface area contributed by atoms with E-state index in [0.29, 0.717) is 5.76 Å². The fourth-order valence-electron chi connectivity index (χ4n) is 4.15. The molecule has 2 aromatic rings. The van der Waals surface area contributed by atoms with Gasteiger partial charge >= 0.3 is 0 Å². The normalized spacial score (nSPS) is 19.5. The first kappa shape index (κ1) is 17.2. The number of rotatable bonds is 4. The molecule has 1 N–H and O–H groups in total. The van der Waals surface area contributed by atoms with Gasteiger partial charge in [0.15, 0.2) is 5.76 Å². The van der Waals surface area contributed by atoms with Crippen LogP contribution in [0.15, 0.2) is 47.1 Å². The summed E-state index contributed by atoms with van der Waals surface area (Å²) in [7, 11) is 0. The average molecular weight is 353 g/mol. The van der Waals surface area contributed by atoms with Crippen LogP contribution in [0.5, 0.6) is 0 Å². The van der Waals surface area contributed by atoms with E-state index < -0.39 is 0 Å². The van der Waals surface area contributed by atoms with Crippen LogP contribution in [0, 0.1) is 0 Å². The van der Waals surface area contributed by atoms with Crippen LogP contribution < -0.4 is 10.2 Å².